The second-order valence-corrected chi connectivity index (χ2v) is 6.28. The van der Waals surface area contributed by atoms with E-state index in [-0.39, 0.29) is 0 Å². The van der Waals surface area contributed by atoms with Gasteiger partial charge in [0.05, 0.1) is 0 Å². The maximum Gasteiger partial charge on any atom is -0.0227 e. The molecule has 2 aliphatic rings. The molecular weight excluding hydrogens is 264 g/mol. The minimum atomic E-state index is 0.563. The molecule has 2 aromatic carbocycles. The second kappa shape index (κ2) is 5.06. The molecule has 2 aliphatic carbocycles. The van der Waals surface area contributed by atoms with Gasteiger partial charge in [-0.2, -0.15) is 0 Å². The van der Waals surface area contributed by atoms with Crippen LogP contribution in [0.15, 0.2) is 72.8 Å². The predicted molar refractivity (Wildman–Crippen MR) is 95.7 cm³/mol. The molecule has 0 atom stereocenters. The van der Waals surface area contributed by atoms with Crippen LogP contribution in [0.1, 0.15) is 25.3 Å². The smallest absolute Gasteiger partial charge is 0.0227 e. The van der Waals surface area contributed by atoms with Gasteiger partial charge in [-0.3, -0.25) is 0 Å². The van der Waals surface area contributed by atoms with Crippen LogP contribution in [0, 0.1) is 0 Å². The lowest BCUT2D eigenvalue weighted by atomic mass is 9.93. The molecule has 0 aromatic heterocycles. The highest BCUT2D eigenvalue weighted by Gasteiger charge is 2.09. The van der Waals surface area contributed by atoms with E-state index in [0.717, 1.165) is 0 Å². The van der Waals surface area contributed by atoms with Gasteiger partial charge in [-0.05, 0) is 11.3 Å². The van der Waals surface area contributed by atoms with Gasteiger partial charge in [-0.25, -0.2) is 0 Å². The number of fused-ring (bicyclic) bond motifs is 2. The van der Waals surface area contributed by atoms with Crippen molar-refractivity contribution in [1.29, 1.82) is 0 Å². The van der Waals surface area contributed by atoms with E-state index in [1.54, 1.807) is 0 Å². The van der Waals surface area contributed by atoms with Crippen molar-refractivity contribution in [3.8, 4) is 22.3 Å². The zero-order valence-electron chi connectivity index (χ0n) is 13.0. The van der Waals surface area contributed by atoms with E-state index in [4.69, 9.17) is 0 Å². The molecule has 0 nitrogen and oxygen atoms in total. The van der Waals surface area contributed by atoms with Crippen LogP contribution < -0.4 is 0 Å². The third kappa shape index (κ3) is 2.03. The summed E-state index contributed by atoms with van der Waals surface area (Å²) < 4.78 is 0. The fourth-order valence-corrected chi connectivity index (χ4v) is 3.29. The molecule has 22 heavy (non-hydrogen) atoms. The molecule has 0 saturated carbocycles. The summed E-state index contributed by atoms with van der Waals surface area (Å²) in [6, 6.07) is 26.5. The standard InChI is InChI=1S/C22H19/c1-15(2)18-13-17-9-6-12-21(22(17)14-18)20-11-5-8-16-7-3-4-10-19(16)20/h3-15H,1-2H3/q-1. The lowest BCUT2D eigenvalue weighted by Crippen LogP contribution is -1.85. The first-order valence-corrected chi connectivity index (χ1v) is 7.91. The summed E-state index contributed by atoms with van der Waals surface area (Å²) >= 11 is 0. The molecule has 0 N–H and O–H groups in total. The van der Waals surface area contributed by atoms with Crippen molar-refractivity contribution in [2.75, 3.05) is 0 Å². The summed E-state index contributed by atoms with van der Waals surface area (Å²) in [6.45, 7) is 4.51. The fraction of sp³-hybridized carbons (Fsp3) is 0.136. The van der Waals surface area contributed by atoms with Gasteiger partial charge in [0.2, 0.25) is 0 Å². The van der Waals surface area contributed by atoms with Crippen molar-refractivity contribution in [3.63, 3.8) is 0 Å². The SMILES string of the molecule is CC(C)c1cc2cc[cH-]c(-c3cccc4ccccc34)c-2c1. The van der Waals surface area contributed by atoms with Gasteiger partial charge in [0, 0.05) is 0 Å². The molecule has 0 saturated heterocycles. The lowest BCUT2D eigenvalue weighted by Gasteiger charge is -2.18. The Hall–Kier alpha value is -2.47. The maximum atomic E-state index is 2.36. The monoisotopic (exact) mass is 283 g/mol. The van der Waals surface area contributed by atoms with Gasteiger partial charge >= 0.3 is 0 Å². The Morgan fingerprint density at radius 2 is 1.64 bits per heavy atom. The van der Waals surface area contributed by atoms with Crippen molar-refractivity contribution in [2.24, 2.45) is 0 Å². The molecule has 2 aromatic rings. The summed E-state index contributed by atoms with van der Waals surface area (Å²) in [5.41, 5.74) is 6.78. The van der Waals surface area contributed by atoms with E-state index in [1.807, 2.05) is 0 Å². The summed E-state index contributed by atoms with van der Waals surface area (Å²) in [5, 5.41) is 2.62. The van der Waals surface area contributed by atoms with Crippen LogP contribution in [-0.2, 0) is 0 Å². The van der Waals surface area contributed by atoms with Crippen LogP contribution in [0.4, 0.5) is 0 Å². The van der Waals surface area contributed by atoms with Gasteiger partial charge in [-0.1, -0.05) is 85.0 Å². The number of hydrogen-bond donors (Lipinski definition) is 0. The fourth-order valence-electron chi connectivity index (χ4n) is 3.29. The molecule has 108 valence electrons. The van der Waals surface area contributed by atoms with Crippen molar-refractivity contribution in [3.05, 3.63) is 78.4 Å². The van der Waals surface area contributed by atoms with E-state index in [2.05, 4.69) is 86.6 Å². The van der Waals surface area contributed by atoms with Crippen LogP contribution in [0.25, 0.3) is 33.0 Å². The average molecular weight is 283 g/mol. The second-order valence-electron chi connectivity index (χ2n) is 6.28. The largest absolute Gasteiger partial charge is 0.145 e. The molecule has 0 radical (unpaired) electrons. The minimum absolute atomic E-state index is 0.563. The molecule has 0 spiro atoms. The predicted octanol–water partition coefficient (Wildman–Crippen LogP) is 6.45. The van der Waals surface area contributed by atoms with Crippen LogP contribution in [-0.4, -0.2) is 0 Å². The van der Waals surface area contributed by atoms with Gasteiger partial charge in [0.25, 0.3) is 0 Å². The van der Waals surface area contributed by atoms with Crippen LogP contribution in [0.3, 0.4) is 0 Å². The molecule has 0 aliphatic heterocycles. The summed E-state index contributed by atoms with van der Waals surface area (Å²) in [5.74, 6) is 0.563. The van der Waals surface area contributed by atoms with Crippen molar-refractivity contribution >= 4 is 10.8 Å². The van der Waals surface area contributed by atoms with Gasteiger partial charge in [0.1, 0.15) is 0 Å². The number of rotatable bonds is 2. The first-order valence-electron chi connectivity index (χ1n) is 7.91. The topological polar surface area (TPSA) is 0 Å². The van der Waals surface area contributed by atoms with E-state index in [9.17, 15) is 0 Å². The molecule has 0 heteroatoms. The summed E-state index contributed by atoms with van der Waals surface area (Å²) in [6.07, 6.45) is 0. The number of benzene rings is 3. The summed E-state index contributed by atoms with van der Waals surface area (Å²) in [7, 11) is 0. The Bertz CT molecular complexity index is 903. The van der Waals surface area contributed by atoms with Gasteiger partial charge < -0.3 is 0 Å². The van der Waals surface area contributed by atoms with Crippen LogP contribution in [0.5, 0.6) is 0 Å². The van der Waals surface area contributed by atoms with Gasteiger partial charge in [-0.15, -0.1) is 34.9 Å². The molecule has 0 fully saturated rings. The third-order valence-electron chi connectivity index (χ3n) is 4.52. The third-order valence-corrected chi connectivity index (χ3v) is 4.52. The van der Waals surface area contributed by atoms with E-state index in [0.29, 0.717) is 5.92 Å². The molecule has 0 unspecified atom stereocenters. The Balaban J connectivity index is 2.01. The molecule has 0 amide bonds. The Morgan fingerprint density at radius 1 is 0.818 bits per heavy atom. The van der Waals surface area contributed by atoms with Crippen LogP contribution in [0.2, 0.25) is 0 Å². The average Bonchev–Trinajstić information content (AvgIpc) is 2.99. The van der Waals surface area contributed by atoms with Gasteiger partial charge in [0.15, 0.2) is 0 Å². The van der Waals surface area contributed by atoms with Crippen molar-refractivity contribution < 1.29 is 0 Å². The molecule has 4 rings (SSSR count). The molecule has 0 bridgehead atoms. The number of hydrogen-bond acceptors (Lipinski definition) is 0. The Kier molecular flexibility index (Phi) is 3.04. The normalized spacial score (nSPS) is 11.6. The minimum Gasteiger partial charge on any atom is -0.145 e. The van der Waals surface area contributed by atoms with Crippen molar-refractivity contribution in [1.82, 2.24) is 0 Å². The molecule has 0 heterocycles. The first kappa shape index (κ1) is 13.2. The van der Waals surface area contributed by atoms with Crippen molar-refractivity contribution in [2.45, 2.75) is 19.8 Å². The van der Waals surface area contributed by atoms with E-state index in [1.165, 1.54) is 38.6 Å². The maximum absolute atomic E-state index is 2.36. The summed E-state index contributed by atoms with van der Waals surface area (Å²) in [4.78, 5) is 0. The van der Waals surface area contributed by atoms with E-state index >= 15 is 0 Å². The Morgan fingerprint density at radius 3 is 2.50 bits per heavy atom. The quantitative estimate of drug-likeness (QED) is 0.371. The zero-order chi connectivity index (χ0) is 15.1. The molecular formula is C22H19-. The highest BCUT2D eigenvalue weighted by atomic mass is 14.2. The Labute approximate surface area is 131 Å². The van der Waals surface area contributed by atoms with Crippen LogP contribution >= 0.6 is 0 Å². The zero-order valence-corrected chi connectivity index (χ0v) is 13.0. The first-order chi connectivity index (χ1) is 10.7. The highest BCUT2D eigenvalue weighted by Crippen LogP contribution is 2.40. The lowest BCUT2D eigenvalue weighted by molar-refractivity contribution is 0.872. The highest BCUT2D eigenvalue weighted by molar-refractivity contribution is 6.01. The van der Waals surface area contributed by atoms with E-state index < -0.39 is 0 Å².